The maximum atomic E-state index is 12.6. The van der Waals surface area contributed by atoms with Gasteiger partial charge in [-0.15, -0.1) is 11.3 Å². The second-order valence-corrected chi connectivity index (χ2v) is 8.39. The Hall–Kier alpha value is -2.71. The molecule has 0 spiro atoms. The van der Waals surface area contributed by atoms with Crippen LogP contribution in [0.5, 0.6) is 0 Å². The summed E-state index contributed by atoms with van der Waals surface area (Å²) in [5.74, 6) is 0. The number of hydrogen-bond donors (Lipinski definition) is 1. The average molecular weight is 372 g/mol. The summed E-state index contributed by atoms with van der Waals surface area (Å²) < 4.78 is 33.8. The second kappa shape index (κ2) is 5.68. The SMILES string of the molecule is Cc1nc2ccc(NS(=O)(=O)c3ccc4oc(=O)ccc4c3)cc2s1. The van der Waals surface area contributed by atoms with E-state index in [2.05, 4.69) is 9.71 Å². The Labute approximate surface area is 146 Å². The Morgan fingerprint density at radius 2 is 1.92 bits per heavy atom. The van der Waals surface area contributed by atoms with Crippen LogP contribution in [0.2, 0.25) is 0 Å². The topological polar surface area (TPSA) is 89.3 Å². The Morgan fingerprint density at radius 1 is 1.08 bits per heavy atom. The second-order valence-electron chi connectivity index (χ2n) is 5.47. The zero-order valence-corrected chi connectivity index (χ0v) is 14.6. The van der Waals surface area contributed by atoms with Gasteiger partial charge in [-0.25, -0.2) is 18.2 Å². The van der Waals surface area contributed by atoms with Crippen LogP contribution in [0.15, 0.2) is 62.6 Å². The molecule has 126 valence electrons. The first-order valence-electron chi connectivity index (χ1n) is 7.35. The van der Waals surface area contributed by atoms with E-state index in [0.29, 0.717) is 16.7 Å². The van der Waals surface area contributed by atoms with Crippen molar-refractivity contribution in [1.29, 1.82) is 0 Å². The van der Waals surface area contributed by atoms with Gasteiger partial charge in [0.15, 0.2) is 0 Å². The standard InChI is InChI=1S/C17H12N2O4S2/c1-10-18-14-5-3-12(9-16(14)24-10)19-25(21,22)13-4-6-15-11(8-13)2-7-17(20)23-15/h2-9,19H,1H3. The predicted octanol–water partition coefficient (Wildman–Crippen LogP) is 3.51. The third kappa shape index (κ3) is 3.01. The van der Waals surface area contributed by atoms with E-state index in [1.54, 1.807) is 18.2 Å². The van der Waals surface area contributed by atoms with Crippen LogP contribution in [0.3, 0.4) is 0 Å². The molecule has 1 N–H and O–H groups in total. The third-order valence-corrected chi connectivity index (χ3v) is 5.96. The van der Waals surface area contributed by atoms with Crippen molar-refractivity contribution in [1.82, 2.24) is 4.98 Å². The molecular weight excluding hydrogens is 360 g/mol. The molecule has 2 aromatic carbocycles. The molecule has 0 saturated heterocycles. The van der Waals surface area contributed by atoms with E-state index in [-0.39, 0.29) is 4.90 Å². The number of nitrogens with one attached hydrogen (secondary N) is 1. The molecule has 0 fully saturated rings. The highest BCUT2D eigenvalue weighted by molar-refractivity contribution is 7.92. The van der Waals surface area contributed by atoms with E-state index < -0.39 is 15.6 Å². The van der Waals surface area contributed by atoms with Crippen LogP contribution in [-0.2, 0) is 10.0 Å². The van der Waals surface area contributed by atoms with Crippen LogP contribution >= 0.6 is 11.3 Å². The van der Waals surface area contributed by atoms with Crippen LogP contribution < -0.4 is 10.3 Å². The molecule has 8 heteroatoms. The van der Waals surface area contributed by atoms with Gasteiger partial charge in [0, 0.05) is 11.5 Å². The van der Waals surface area contributed by atoms with Gasteiger partial charge in [0.05, 0.1) is 25.8 Å². The number of rotatable bonds is 3. The summed E-state index contributed by atoms with van der Waals surface area (Å²) in [7, 11) is -3.76. The minimum Gasteiger partial charge on any atom is -0.423 e. The number of thiazole rings is 1. The third-order valence-electron chi connectivity index (χ3n) is 3.65. The molecule has 0 unspecified atom stereocenters. The highest BCUT2D eigenvalue weighted by atomic mass is 32.2. The van der Waals surface area contributed by atoms with Gasteiger partial charge >= 0.3 is 5.63 Å². The molecule has 25 heavy (non-hydrogen) atoms. The molecule has 0 saturated carbocycles. The van der Waals surface area contributed by atoms with Gasteiger partial charge in [-0.2, -0.15) is 0 Å². The van der Waals surface area contributed by atoms with Crippen molar-refractivity contribution in [3.05, 3.63) is 64.0 Å². The van der Waals surface area contributed by atoms with Crippen molar-refractivity contribution in [2.45, 2.75) is 11.8 Å². The van der Waals surface area contributed by atoms with Gasteiger partial charge in [0.1, 0.15) is 5.58 Å². The lowest BCUT2D eigenvalue weighted by Crippen LogP contribution is -2.12. The van der Waals surface area contributed by atoms with Crippen LogP contribution in [-0.4, -0.2) is 13.4 Å². The molecule has 0 aliphatic rings. The van der Waals surface area contributed by atoms with E-state index in [4.69, 9.17) is 4.42 Å². The van der Waals surface area contributed by atoms with Gasteiger partial charge < -0.3 is 4.42 Å². The molecule has 0 radical (unpaired) electrons. The lowest BCUT2D eigenvalue weighted by Gasteiger charge is -2.08. The average Bonchev–Trinajstić information content (AvgIpc) is 2.93. The molecule has 0 aliphatic heterocycles. The Kier molecular flexibility index (Phi) is 3.59. The summed E-state index contributed by atoms with van der Waals surface area (Å²) in [5.41, 5.74) is 1.17. The maximum Gasteiger partial charge on any atom is 0.336 e. The summed E-state index contributed by atoms with van der Waals surface area (Å²) in [6.07, 6.45) is 0. The molecule has 4 aromatic rings. The highest BCUT2D eigenvalue weighted by Gasteiger charge is 2.16. The number of nitrogens with zero attached hydrogens (tertiary/aromatic N) is 1. The molecule has 0 aliphatic carbocycles. The summed E-state index contributed by atoms with van der Waals surface area (Å²) in [6.45, 7) is 1.90. The lowest BCUT2D eigenvalue weighted by atomic mass is 10.2. The lowest BCUT2D eigenvalue weighted by molar-refractivity contribution is 0.560. The molecule has 0 bridgehead atoms. The summed E-state index contributed by atoms with van der Waals surface area (Å²) in [4.78, 5) is 15.7. The van der Waals surface area contributed by atoms with Crippen molar-refractivity contribution in [2.75, 3.05) is 4.72 Å². The van der Waals surface area contributed by atoms with Gasteiger partial charge in [-0.05, 0) is 49.4 Å². The summed E-state index contributed by atoms with van der Waals surface area (Å²) >= 11 is 1.50. The number of anilines is 1. The monoisotopic (exact) mass is 372 g/mol. The van der Waals surface area contributed by atoms with Crippen LogP contribution in [0.1, 0.15) is 5.01 Å². The number of sulfonamides is 1. The zero-order valence-electron chi connectivity index (χ0n) is 13.0. The number of fused-ring (bicyclic) bond motifs is 2. The van der Waals surface area contributed by atoms with Gasteiger partial charge in [-0.1, -0.05) is 0 Å². The van der Waals surface area contributed by atoms with Crippen LogP contribution in [0.25, 0.3) is 21.2 Å². The quantitative estimate of drug-likeness (QED) is 0.556. The molecule has 2 heterocycles. The number of benzene rings is 2. The first kappa shape index (κ1) is 15.8. The Morgan fingerprint density at radius 3 is 2.76 bits per heavy atom. The minimum absolute atomic E-state index is 0.0921. The van der Waals surface area contributed by atoms with Crippen molar-refractivity contribution >= 4 is 48.2 Å². The highest BCUT2D eigenvalue weighted by Crippen LogP contribution is 2.26. The molecule has 0 atom stereocenters. The van der Waals surface area contributed by atoms with Gasteiger partial charge in [0.2, 0.25) is 0 Å². The van der Waals surface area contributed by atoms with E-state index in [0.717, 1.165) is 15.2 Å². The van der Waals surface area contributed by atoms with E-state index >= 15 is 0 Å². The largest absolute Gasteiger partial charge is 0.423 e. The van der Waals surface area contributed by atoms with Crippen molar-refractivity contribution in [3.8, 4) is 0 Å². The Bertz CT molecular complexity index is 1270. The fourth-order valence-corrected chi connectivity index (χ4v) is 4.49. The zero-order chi connectivity index (χ0) is 17.6. The number of aryl methyl sites for hydroxylation is 1. The smallest absolute Gasteiger partial charge is 0.336 e. The van der Waals surface area contributed by atoms with Gasteiger partial charge in [0.25, 0.3) is 10.0 Å². The van der Waals surface area contributed by atoms with Crippen molar-refractivity contribution < 1.29 is 12.8 Å². The van der Waals surface area contributed by atoms with E-state index in [1.165, 1.54) is 41.7 Å². The van der Waals surface area contributed by atoms with Crippen LogP contribution in [0.4, 0.5) is 5.69 Å². The fourth-order valence-electron chi connectivity index (χ4n) is 2.53. The molecule has 0 amide bonds. The summed E-state index contributed by atoms with van der Waals surface area (Å²) in [6, 6.07) is 12.4. The number of hydrogen-bond acceptors (Lipinski definition) is 6. The molecular formula is C17H12N2O4S2. The van der Waals surface area contributed by atoms with E-state index in [1.807, 2.05) is 6.92 Å². The number of aromatic nitrogens is 1. The first-order chi connectivity index (χ1) is 11.9. The molecule has 6 nitrogen and oxygen atoms in total. The molecule has 2 aromatic heterocycles. The first-order valence-corrected chi connectivity index (χ1v) is 9.65. The van der Waals surface area contributed by atoms with Crippen molar-refractivity contribution in [2.24, 2.45) is 0 Å². The predicted molar refractivity (Wildman–Crippen MR) is 97.6 cm³/mol. The minimum atomic E-state index is -3.76. The van der Waals surface area contributed by atoms with Crippen LogP contribution in [0, 0.1) is 6.92 Å². The molecule has 4 rings (SSSR count). The fraction of sp³-hybridized carbons (Fsp3) is 0.0588. The maximum absolute atomic E-state index is 12.6. The Balaban J connectivity index is 1.72. The van der Waals surface area contributed by atoms with E-state index in [9.17, 15) is 13.2 Å². The van der Waals surface area contributed by atoms with Gasteiger partial charge in [-0.3, -0.25) is 4.72 Å². The normalized spacial score (nSPS) is 11.9. The van der Waals surface area contributed by atoms with Crippen molar-refractivity contribution in [3.63, 3.8) is 0 Å². The summed E-state index contributed by atoms with van der Waals surface area (Å²) in [5, 5.41) is 1.46.